The van der Waals surface area contributed by atoms with Gasteiger partial charge in [-0.3, -0.25) is 9.79 Å². The summed E-state index contributed by atoms with van der Waals surface area (Å²) in [5.41, 5.74) is 5.20. The summed E-state index contributed by atoms with van der Waals surface area (Å²) in [6, 6.07) is 11.6. The number of nitrogens with two attached hydrogens (primary N) is 1. The van der Waals surface area contributed by atoms with Crippen LogP contribution in [-0.2, 0) is 16.4 Å². The fraction of sp³-hybridized carbons (Fsp3) is 0.154. The maximum Gasteiger partial charge on any atom is 0.244 e. The van der Waals surface area contributed by atoms with Crippen LogP contribution in [0.3, 0.4) is 0 Å². The van der Waals surface area contributed by atoms with Gasteiger partial charge < -0.3 is 15.9 Å². The van der Waals surface area contributed by atoms with E-state index in [4.69, 9.17) is 5.73 Å². The topological polar surface area (TPSA) is 142 Å². The number of carbonyl (C=O) groups excluding carboxylic acids is 1. The van der Waals surface area contributed by atoms with Crippen LogP contribution < -0.4 is 10.5 Å². The van der Waals surface area contributed by atoms with Gasteiger partial charge in [0.15, 0.2) is 0 Å². The average molecular weight is 546 g/mol. The van der Waals surface area contributed by atoms with Crippen molar-refractivity contribution in [3.8, 4) is 0 Å². The summed E-state index contributed by atoms with van der Waals surface area (Å²) in [4.78, 5) is 16.9. The van der Waals surface area contributed by atoms with Gasteiger partial charge in [0.25, 0.3) is 0 Å². The van der Waals surface area contributed by atoms with Crippen molar-refractivity contribution in [1.82, 2.24) is 4.72 Å². The Hall–Kier alpha value is -3.84. The molecule has 5 N–H and O–H groups in total. The van der Waals surface area contributed by atoms with E-state index in [0.29, 0.717) is 17.3 Å². The number of rotatable bonds is 8. The first kappa shape index (κ1) is 27.2. The molecule has 3 aromatic carbocycles. The summed E-state index contributed by atoms with van der Waals surface area (Å²) in [7, 11) is -4.63. The van der Waals surface area contributed by atoms with Crippen LogP contribution >= 0.6 is 0 Å². The van der Waals surface area contributed by atoms with Crippen molar-refractivity contribution in [2.24, 2.45) is 10.7 Å². The number of nitrogens with zero attached hydrogens (tertiary/aromatic N) is 1. The molecule has 2 atom stereocenters. The Bertz CT molecular complexity index is 1600. The number of allylic oxidation sites excluding steroid dienone is 1. The molecule has 12 heteroatoms. The summed E-state index contributed by atoms with van der Waals surface area (Å²) in [5, 5.41) is 20.7. The number of aliphatic hydroxyl groups excluding tert-OH is 2. The highest BCUT2D eigenvalue weighted by Gasteiger charge is 2.31. The normalized spacial score (nSPS) is 15.4. The maximum absolute atomic E-state index is 14.6. The number of nitrogens with one attached hydrogen (secondary N) is 1. The molecule has 4 rings (SSSR count). The van der Waals surface area contributed by atoms with Crippen LogP contribution in [0.5, 0.6) is 0 Å². The molecule has 3 aromatic rings. The second kappa shape index (κ2) is 10.5. The first-order chi connectivity index (χ1) is 17.9. The van der Waals surface area contributed by atoms with Gasteiger partial charge in [0.2, 0.25) is 15.8 Å². The van der Waals surface area contributed by atoms with E-state index < -0.39 is 67.3 Å². The van der Waals surface area contributed by atoms with Crippen LogP contribution in [0.2, 0.25) is 0 Å². The van der Waals surface area contributed by atoms with Crippen LogP contribution in [-0.4, -0.2) is 42.4 Å². The van der Waals surface area contributed by atoms with Gasteiger partial charge in [-0.2, -0.15) is 4.72 Å². The molecule has 1 aliphatic rings. The SMILES string of the molecule is C[C@@H](O)C(N)NS(=O)(=O)c1cc(C(O)=C(C(=O)c2cc(F)ccc2F)C2=Nc3ccccc3C2)ccc1F. The molecular weight excluding hydrogens is 523 g/mol. The Morgan fingerprint density at radius 2 is 1.74 bits per heavy atom. The third-order valence-electron chi connectivity index (χ3n) is 5.84. The number of Topliss-reactive ketones (excluding diaryl/α,β-unsaturated/α-hetero) is 1. The van der Waals surface area contributed by atoms with Gasteiger partial charge >= 0.3 is 0 Å². The third kappa shape index (κ3) is 5.38. The average Bonchev–Trinajstić information content (AvgIpc) is 3.28. The molecule has 0 amide bonds. The summed E-state index contributed by atoms with van der Waals surface area (Å²) < 4.78 is 70.4. The number of halogens is 3. The van der Waals surface area contributed by atoms with Crippen LogP contribution in [0.25, 0.3) is 5.76 Å². The van der Waals surface area contributed by atoms with Crippen molar-refractivity contribution in [3.05, 3.63) is 100 Å². The standard InChI is InChI=1S/C26H22F3N3O5S/c1-13(33)26(30)32-38(36,37)22-11-15(6-8-19(22)29)24(34)23(21-10-14-4-2-3-5-20(14)31-21)25(35)17-12-16(27)7-9-18(17)28/h2-9,11-13,26,32-34H,10,30H2,1H3/t13-,26?/m1/s1. The molecule has 0 saturated carbocycles. The number of para-hydroxylation sites is 1. The number of hydrogen-bond donors (Lipinski definition) is 4. The highest BCUT2D eigenvalue weighted by Crippen LogP contribution is 2.33. The number of fused-ring (bicyclic) bond motifs is 1. The molecule has 198 valence electrons. The quantitative estimate of drug-likeness (QED) is 0.148. The minimum absolute atomic E-state index is 0.0142. The zero-order valence-electron chi connectivity index (χ0n) is 19.8. The summed E-state index contributed by atoms with van der Waals surface area (Å²) in [5.74, 6) is -5.12. The van der Waals surface area contributed by atoms with E-state index in [1.165, 1.54) is 6.92 Å². The van der Waals surface area contributed by atoms with E-state index in [2.05, 4.69) is 4.99 Å². The van der Waals surface area contributed by atoms with E-state index in [1.807, 2.05) is 4.72 Å². The monoisotopic (exact) mass is 545 g/mol. The number of aliphatic hydroxyl groups is 2. The second-order valence-electron chi connectivity index (χ2n) is 8.57. The molecule has 1 aliphatic heterocycles. The molecule has 38 heavy (non-hydrogen) atoms. The van der Waals surface area contributed by atoms with Crippen molar-refractivity contribution >= 4 is 33.0 Å². The zero-order chi connectivity index (χ0) is 27.8. The maximum atomic E-state index is 14.6. The van der Waals surface area contributed by atoms with E-state index in [0.717, 1.165) is 30.3 Å². The Morgan fingerprint density at radius 3 is 2.42 bits per heavy atom. The van der Waals surface area contributed by atoms with Crippen molar-refractivity contribution in [2.45, 2.75) is 30.5 Å². The number of carbonyl (C=O) groups is 1. The van der Waals surface area contributed by atoms with Crippen LogP contribution in [0.4, 0.5) is 18.9 Å². The number of hydrogen-bond acceptors (Lipinski definition) is 7. The smallest absolute Gasteiger partial charge is 0.244 e. The highest BCUT2D eigenvalue weighted by atomic mass is 32.2. The third-order valence-corrected chi connectivity index (χ3v) is 7.31. The number of sulfonamides is 1. The van der Waals surface area contributed by atoms with Gasteiger partial charge in [-0.25, -0.2) is 21.6 Å². The van der Waals surface area contributed by atoms with E-state index in [-0.39, 0.29) is 17.7 Å². The lowest BCUT2D eigenvalue weighted by Crippen LogP contribution is -2.48. The first-order valence-electron chi connectivity index (χ1n) is 11.2. The molecular formula is C26H22F3N3O5S. The molecule has 0 bridgehead atoms. The minimum atomic E-state index is -4.63. The minimum Gasteiger partial charge on any atom is -0.506 e. The predicted octanol–water partition coefficient (Wildman–Crippen LogP) is 3.53. The number of aliphatic imine (C=N–C) groups is 1. The van der Waals surface area contributed by atoms with E-state index in [9.17, 15) is 36.6 Å². The second-order valence-corrected chi connectivity index (χ2v) is 10.3. The number of benzene rings is 3. The Morgan fingerprint density at radius 1 is 1.05 bits per heavy atom. The van der Waals surface area contributed by atoms with Crippen LogP contribution in [0, 0.1) is 17.5 Å². The van der Waals surface area contributed by atoms with Gasteiger partial charge in [-0.1, -0.05) is 18.2 Å². The van der Waals surface area contributed by atoms with Gasteiger partial charge in [0, 0.05) is 12.0 Å². The van der Waals surface area contributed by atoms with Crippen molar-refractivity contribution in [2.75, 3.05) is 0 Å². The molecule has 0 saturated heterocycles. The molecule has 0 spiro atoms. The zero-order valence-corrected chi connectivity index (χ0v) is 20.6. The highest BCUT2D eigenvalue weighted by molar-refractivity contribution is 7.89. The summed E-state index contributed by atoms with van der Waals surface area (Å²) in [6.07, 6.45) is -2.72. The van der Waals surface area contributed by atoms with Crippen molar-refractivity contribution in [1.29, 1.82) is 0 Å². The molecule has 0 fully saturated rings. The van der Waals surface area contributed by atoms with Crippen LogP contribution in [0.1, 0.15) is 28.4 Å². The van der Waals surface area contributed by atoms with Gasteiger partial charge in [-0.15, -0.1) is 0 Å². The molecule has 0 aliphatic carbocycles. The van der Waals surface area contributed by atoms with Crippen molar-refractivity contribution in [3.63, 3.8) is 0 Å². The molecule has 0 radical (unpaired) electrons. The van der Waals surface area contributed by atoms with Crippen molar-refractivity contribution < 1.29 is 36.6 Å². The van der Waals surface area contributed by atoms with Gasteiger partial charge in [0.1, 0.15) is 28.1 Å². The Kier molecular flexibility index (Phi) is 7.51. The van der Waals surface area contributed by atoms with Gasteiger partial charge in [-0.05, 0) is 55.0 Å². The number of ketones is 1. The van der Waals surface area contributed by atoms with E-state index >= 15 is 0 Å². The molecule has 1 unspecified atom stereocenters. The van der Waals surface area contributed by atoms with Crippen LogP contribution in [0.15, 0.2) is 76.1 Å². The fourth-order valence-corrected chi connectivity index (χ4v) is 5.09. The fourth-order valence-electron chi connectivity index (χ4n) is 3.80. The van der Waals surface area contributed by atoms with Gasteiger partial charge in [0.05, 0.1) is 34.8 Å². The Balaban J connectivity index is 1.89. The predicted molar refractivity (Wildman–Crippen MR) is 134 cm³/mol. The lowest BCUT2D eigenvalue weighted by molar-refractivity contribution is 0.103. The molecule has 8 nitrogen and oxygen atoms in total. The lowest BCUT2D eigenvalue weighted by atomic mass is 9.93. The van der Waals surface area contributed by atoms with E-state index in [1.54, 1.807) is 24.3 Å². The summed E-state index contributed by atoms with van der Waals surface area (Å²) >= 11 is 0. The largest absolute Gasteiger partial charge is 0.506 e. The lowest BCUT2D eigenvalue weighted by Gasteiger charge is -2.17. The molecule has 1 heterocycles. The summed E-state index contributed by atoms with van der Waals surface area (Å²) in [6.45, 7) is 1.22. The Labute approximate surface area is 216 Å². The molecule has 0 aromatic heterocycles. The first-order valence-corrected chi connectivity index (χ1v) is 12.7.